The van der Waals surface area contributed by atoms with Crippen LogP contribution in [0.5, 0.6) is 0 Å². The summed E-state index contributed by atoms with van der Waals surface area (Å²) < 4.78 is 0. The van der Waals surface area contributed by atoms with Crippen LogP contribution in [0.3, 0.4) is 0 Å². The van der Waals surface area contributed by atoms with Crippen molar-refractivity contribution in [1.82, 2.24) is 10.9 Å². The van der Waals surface area contributed by atoms with E-state index in [1.807, 2.05) is 42.5 Å². The molecule has 0 saturated heterocycles. The zero-order chi connectivity index (χ0) is 14.4. The summed E-state index contributed by atoms with van der Waals surface area (Å²) >= 11 is 0. The van der Waals surface area contributed by atoms with E-state index in [2.05, 4.69) is 23.0 Å². The molecular formula is C16H19N3O. The van der Waals surface area contributed by atoms with Crippen molar-refractivity contribution in [3.05, 3.63) is 60.2 Å². The smallest absolute Gasteiger partial charge is 0.235 e. The Kier molecular flexibility index (Phi) is 4.87. The number of nitrogens with one attached hydrogen (secondary N) is 2. The molecule has 0 radical (unpaired) electrons. The van der Waals surface area contributed by atoms with Crippen molar-refractivity contribution in [3.8, 4) is 11.1 Å². The Labute approximate surface area is 119 Å². The Bertz CT molecular complexity index is 552. The van der Waals surface area contributed by atoms with E-state index in [9.17, 15) is 4.79 Å². The molecule has 4 nitrogen and oxygen atoms in total. The maximum atomic E-state index is 11.5. The SMILES string of the molecule is CNNC(=O)CC(N)c1ccc(-c2ccccc2)cc1. The van der Waals surface area contributed by atoms with Crippen molar-refractivity contribution in [2.45, 2.75) is 12.5 Å². The van der Waals surface area contributed by atoms with Crippen LogP contribution in [0.1, 0.15) is 18.0 Å². The molecule has 0 bridgehead atoms. The topological polar surface area (TPSA) is 67.1 Å². The molecule has 0 spiro atoms. The van der Waals surface area contributed by atoms with Gasteiger partial charge in [0.2, 0.25) is 5.91 Å². The first-order chi connectivity index (χ1) is 9.70. The van der Waals surface area contributed by atoms with E-state index in [1.54, 1.807) is 7.05 Å². The van der Waals surface area contributed by atoms with Gasteiger partial charge in [-0.1, -0.05) is 54.6 Å². The van der Waals surface area contributed by atoms with Crippen LogP contribution in [0.4, 0.5) is 0 Å². The van der Waals surface area contributed by atoms with Crippen molar-refractivity contribution in [3.63, 3.8) is 0 Å². The molecule has 20 heavy (non-hydrogen) atoms. The van der Waals surface area contributed by atoms with Crippen LogP contribution in [-0.4, -0.2) is 13.0 Å². The lowest BCUT2D eigenvalue weighted by Crippen LogP contribution is -2.36. The lowest BCUT2D eigenvalue weighted by molar-refractivity contribution is -0.122. The third kappa shape index (κ3) is 3.66. The molecule has 2 aromatic rings. The summed E-state index contributed by atoms with van der Waals surface area (Å²) in [4.78, 5) is 11.5. The van der Waals surface area contributed by atoms with Crippen LogP contribution < -0.4 is 16.6 Å². The number of hydrogen-bond acceptors (Lipinski definition) is 3. The summed E-state index contributed by atoms with van der Waals surface area (Å²) in [5.74, 6) is -0.118. The minimum atomic E-state index is -0.298. The van der Waals surface area contributed by atoms with Crippen molar-refractivity contribution in [1.29, 1.82) is 0 Å². The molecule has 0 saturated carbocycles. The highest BCUT2D eigenvalue weighted by Crippen LogP contribution is 2.22. The largest absolute Gasteiger partial charge is 0.324 e. The molecule has 1 amide bonds. The quantitative estimate of drug-likeness (QED) is 0.727. The summed E-state index contributed by atoms with van der Waals surface area (Å²) in [6, 6.07) is 17.8. The second kappa shape index (κ2) is 6.84. The fourth-order valence-corrected chi connectivity index (χ4v) is 2.06. The minimum Gasteiger partial charge on any atom is -0.324 e. The summed E-state index contributed by atoms with van der Waals surface area (Å²) in [5.41, 5.74) is 14.4. The molecule has 4 heteroatoms. The van der Waals surface area contributed by atoms with Gasteiger partial charge in [-0.05, 0) is 16.7 Å². The molecule has 1 atom stereocenters. The van der Waals surface area contributed by atoms with Crippen LogP contribution in [0, 0.1) is 0 Å². The lowest BCUT2D eigenvalue weighted by atomic mass is 9.99. The molecule has 0 heterocycles. The number of rotatable bonds is 5. The van der Waals surface area contributed by atoms with Gasteiger partial charge in [0.05, 0.1) is 0 Å². The highest BCUT2D eigenvalue weighted by molar-refractivity contribution is 5.76. The van der Waals surface area contributed by atoms with Crippen LogP contribution >= 0.6 is 0 Å². The van der Waals surface area contributed by atoms with Crippen molar-refractivity contribution in [2.75, 3.05) is 7.05 Å². The molecule has 0 aliphatic carbocycles. The van der Waals surface area contributed by atoms with Gasteiger partial charge in [0.1, 0.15) is 0 Å². The molecule has 0 fully saturated rings. The van der Waals surface area contributed by atoms with Gasteiger partial charge in [0.25, 0.3) is 0 Å². The number of nitrogens with two attached hydrogens (primary N) is 1. The van der Waals surface area contributed by atoms with Gasteiger partial charge in [-0.3, -0.25) is 10.2 Å². The zero-order valence-corrected chi connectivity index (χ0v) is 11.5. The van der Waals surface area contributed by atoms with Gasteiger partial charge in [0, 0.05) is 19.5 Å². The third-order valence-corrected chi connectivity index (χ3v) is 3.12. The summed E-state index contributed by atoms with van der Waals surface area (Å²) in [6.45, 7) is 0. The number of benzene rings is 2. The van der Waals surface area contributed by atoms with E-state index < -0.39 is 0 Å². The van der Waals surface area contributed by atoms with E-state index >= 15 is 0 Å². The molecule has 0 aliphatic heterocycles. The van der Waals surface area contributed by atoms with Gasteiger partial charge in [0.15, 0.2) is 0 Å². The number of hydrazine groups is 1. The molecule has 104 valence electrons. The Hall–Kier alpha value is -2.17. The third-order valence-electron chi connectivity index (χ3n) is 3.12. The van der Waals surface area contributed by atoms with Crippen LogP contribution in [0.2, 0.25) is 0 Å². The van der Waals surface area contributed by atoms with Crippen LogP contribution in [0.15, 0.2) is 54.6 Å². The predicted octanol–water partition coefficient (Wildman–Crippen LogP) is 1.99. The van der Waals surface area contributed by atoms with Gasteiger partial charge < -0.3 is 5.73 Å². The first-order valence-corrected chi connectivity index (χ1v) is 6.57. The van der Waals surface area contributed by atoms with Gasteiger partial charge >= 0.3 is 0 Å². The Morgan fingerprint density at radius 3 is 2.25 bits per heavy atom. The Morgan fingerprint density at radius 2 is 1.65 bits per heavy atom. The molecule has 0 aliphatic rings. The second-order valence-corrected chi connectivity index (χ2v) is 4.60. The zero-order valence-electron chi connectivity index (χ0n) is 11.5. The normalized spacial score (nSPS) is 11.9. The van der Waals surface area contributed by atoms with Crippen LogP contribution in [-0.2, 0) is 4.79 Å². The summed E-state index contributed by atoms with van der Waals surface area (Å²) in [7, 11) is 1.65. The molecule has 1 unspecified atom stereocenters. The highest BCUT2D eigenvalue weighted by atomic mass is 16.2. The van der Waals surface area contributed by atoms with E-state index in [0.717, 1.165) is 11.1 Å². The molecule has 2 aromatic carbocycles. The van der Waals surface area contributed by atoms with E-state index in [-0.39, 0.29) is 18.4 Å². The maximum Gasteiger partial charge on any atom is 0.235 e. The average Bonchev–Trinajstić information content (AvgIpc) is 2.48. The number of carbonyl (C=O) groups excluding carboxylic acids is 1. The second-order valence-electron chi connectivity index (χ2n) is 4.60. The molecular weight excluding hydrogens is 250 g/mol. The van der Waals surface area contributed by atoms with E-state index in [1.165, 1.54) is 5.56 Å². The standard InChI is InChI=1S/C16H19N3O/c1-18-19-16(20)11-15(17)14-9-7-13(8-10-14)12-5-3-2-4-6-12/h2-10,15,18H,11,17H2,1H3,(H,19,20). The number of carbonyl (C=O) groups is 1. The number of amides is 1. The molecule has 4 N–H and O–H groups in total. The number of hydrogen-bond donors (Lipinski definition) is 3. The Balaban J connectivity index is 2.06. The predicted molar refractivity (Wildman–Crippen MR) is 80.6 cm³/mol. The van der Waals surface area contributed by atoms with Gasteiger partial charge in [-0.15, -0.1) is 0 Å². The van der Waals surface area contributed by atoms with Crippen molar-refractivity contribution < 1.29 is 4.79 Å². The molecule has 2 rings (SSSR count). The highest BCUT2D eigenvalue weighted by Gasteiger charge is 2.11. The minimum absolute atomic E-state index is 0.118. The maximum absolute atomic E-state index is 11.5. The Morgan fingerprint density at radius 1 is 1.05 bits per heavy atom. The van der Waals surface area contributed by atoms with Gasteiger partial charge in [-0.25, -0.2) is 5.43 Å². The first-order valence-electron chi connectivity index (χ1n) is 6.57. The first kappa shape index (κ1) is 14.2. The van der Waals surface area contributed by atoms with Crippen molar-refractivity contribution in [2.24, 2.45) is 5.73 Å². The average molecular weight is 269 g/mol. The van der Waals surface area contributed by atoms with Gasteiger partial charge in [-0.2, -0.15) is 0 Å². The molecule has 0 aromatic heterocycles. The lowest BCUT2D eigenvalue weighted by Gasteiger charge is -2.12. The van der Waals surface area contributed by atoms with Crippen LogP contribution in [0.25, 0.3) is 11.1 Å². The monoisotopic (exact) mass is 269 g/mol. The fourth-order valence-electron chi connectivity index (χ4n) is 2.06. The fraction of sp³-hybridized carbons (Fsp3) is 0.188. The van der Waals surface area contributed by atoms with E-state index in [4.69, 9.17) is 5.73 Å². The summed E-state index contributed by atoms with van der Waals surface area (Å²) in [5, 5.41) is 0. The van der Waals surface area contributed by atoms with Crippen molar-refractivity contribution >= 4 is 5.91 Å². The summed E-state index contributed by atoms with van der Waals surface area (Å²) in [6.07, 6.45) is 0.255. The van der Waals surface area contributed by atoms with E-state index in [0.29, 0.717) is 0 Å².